The zero-order chi connectivity index (χ0) is 11.4. The van der Waals surface area contributed by atoms with Crippen molar-refractivity contribution in [1.82, 2.24) is 14.8 Å². The first-order chi connectivity index (χ1) is 8.34. The van der Waals surface area contributed by atoms with Gasteiger partial charge in [0.15, 0.2) is 0 Å². The summed E-state index contributed by atoms with van der Waals surface area (Å²) < 4.78 is 1.85. The van der Waals surface area contributed by atoms with Gasteiger partial charge in [0.1, 0.15) is 18.2 Å². The summed E-state index contributed by atoms with van der Waals surface area (Å²) in [4.78, 5) is 4.15. The fourth-order valence-corrected chi connectivity index (χ4v) is 2.40. The predicted molar refractivity (Wildman–Crippen MR) is 63.1 cm³/mol. The minimum Gasteiger partial charge on any atom is -0.384 e. The van der Waals surface area contributed by atoms with E-state index in [2.05, 4.69) is 26.8 Å². The minimum atomic E-state index is 0.00458. The molecule has 1 aromatic carbocycles. The van der Waals surface area contributed by atoms with Crippen LogP contribution >= 0.6 is 0 Å². The number of hydrogen-bond donors (Lipinski definition) is 3. The molecule has 0 bridgehead atoms. The van der Waals surface area contributed by atoms with Crippen LogP contribution in [-0.2, 0) is 0 Å². The highest BCUT2D eigenvalue weighted by Gasteiger charge is 2.36. The lowest BCUT2D eigenvalue weighted by Gasteiger charge is -2.25. The second kappa shape index (κ2) is 2.79. The van der Waals surface area contributed by atoms with E-state index < -0.39 is 0 Å². The smallest absolute Gasteiger partial charge is 0.226 e. The molecule has 6 heteroatoms. The third kappa shape index (κ3) is 0.988. The normalized spacial score (nSPS) is 20.1. The Morgan fingerprint density at radius 2 is 2.12 bits per heavy atom. The largest absolute Gasteiger partial charge is 0.384 e. The number of rotatable bonds is 0. The van der Waals surface area contributed by atoms with Gasteiger partial charge in [-0.05, 0) is 6.07 Å². The average Bonchev–Trinajstić information content (AvgIpc) is 2.89. The lowest BCUT2D eigenvalue weighted by molar-refractivity contribution is 0.623. The number of benzene rings is 1. The van der Waals surface area contributed by atoms with E-state index in [0.717, 1.165) is 22.9 Å². The van der Waals surface area contributed by atoms with Gasteiger partial charge in [-0.1, -0.05) is 18.2 Å². The summed E-state index contributed by atoms with van der Waals surface area (Å²) in [6.45, 7) is 0. The van der Waals surface area contributed by atoms with Crippen molar-refractivity contribution >= 4 is 11.6 Å². The molecule has 0 saturated carbocycles. The van der Waals surface area contributed by atoms with Crippen molar-refractivity contribution in [2.24, 2.45) is 5.73 Å². The molecular formula is C11H10N6. The summed E-state index contributed by atoms with van der Waals surface area (Å²) >= 11 is 0. The minimum absolute atomic E-state index is 0.00458. The second-order valence-corrected chi connectivity index (χ2v) is 4.10. The van der Waals surface area contributed by atoms with Crippen molar-refractivity contribution in [3.63, 3.8) is 0 Å². The Kier molecular flexibility index (Phi) is 1.42. The molecule has 1 unspecified atom stereocenters. The molecule has 3 heterocycles. The van der Waals surface area contributed by atoms with E-state index in [1.54, 1.807) is 6.33 Å². The van der Waals surface area contributed by atoms with Crippen molar-refractivity contribution in [1.29, 1.82) is 0 Å². The quantitative estimate of drug-likeness (QED) is 0.620. The van der Waals surface area contributed by atoms with Crippen LogP contribution in [0.3, 0.4) is 0 Å². The van der Waals surface area contributed by atoms with Gasteiger partial charge >= 0.3 is 0 Å². The molecule has 0 spiro atoms. The highest BCUT2D eigenvalue weighted by molar-refractivity contribution is 5.66. The number of para-hydroxylation sites is 1. The summed E-state index contributed by atoms with van der Waals surface area (Å²) in [5, 5.41) is 10.6. The molecule has 2 aliphatic rings. The summed E-state index contributed by atoms with van der Waals surface area (Å²) in [5.74, 6) is 1.35. The topological polar surface area (TPSA) is 80.8 Å². The van der Waals surface area contributed by atoms with Crippen LogP contribution in [0.25, 0.3) is 0 Å². The second-order valence-electron chi connectivity index (χ2n) is 4.10. The Labute approximate surface area is 97.1 Å². The van der Waals surface area contributed by atoms with Gasteiger partial charge in [-0.25, -0.2) is 4.68 Å². The molecule has 2 aromatic rings. The Hall–Kier alpha value is -2.50. The van der Waals surface area contributed by atoms with Crippen molar-refractivity contribution < 1.29 is 0 Å². The van der Waals surface area contributed by atoms with E-state index in [1.165, 1.54) is 0 Å². The first-order valence-corrected chi connectivity index (χ1v) is 5.37. The van der Waals surface area contributed by atoms with Crippen LogP contribution < -0.4 is 16.4 Å². The van der Waals surface area contributed by atoms with Crippen molar-refractivity contribution in [3.8, 4) is 0 Å². The Bertz CT molecular complexity index is 641. The van der Waals surface area contributed by atoms with Crippen LogP contribution in [0.1, 0.15) is 11.6 Å². The zero-order valence-corrected chi connectivity index (χ0v) is 8.88. The molecule has 2 aliphatic heterocycles. The lowest BCUT2D eigenvalue weighted by Crippen LogP contribution is -2.25. The third-order valence-electron chi connectivity index (χ3n) is 3.15. The van der Waals surface area contributed by atoms with Crippen molar-refractivity contribution in [2.45, 2.75) is 6.04 Å². The molecule has 0 radical (unpaired) electrons. The summed E-state index contributed by atoms with van der Waals surface area (Å²) in [7, 11) is 0. The van der Waals surface area contributed by atoms with Crippen LogP contribution in [0.5, 0.6) is 0 Å². The van der Waals surface area contributed by atoms with E-state index in [-0.39, 0.29) is 6.04 Å². The maximum atomic E-state index is 6.01. The number of anilines is 2. The lowest BCUT2D eigenvalue weighted by atomic mass is 9.99. The number of nitrogens with one attached hydrogen (secondary N) is 2. The van der Waals surface area contributed by atoms with Gasteiger partial charge in [-0.2, -0.15) is 10.1 Å². The molecule has 4 N–H and O–H groups in total. The van der Waals surface area contributed by atoms with Crippen molar-refractivity contribution in [2.75, 3.05) is 10.6 Å². The first-order valence-electron chi connectivity index (χ1n) is 5.37. The molecule has 0 amide bonds. The Morgan fingerprint density at radius 3 is 3.06 bits per heavy atom. The summed E-state index contributed by atoms with van der Waals surface area (Å²) in [5.41, 5.74) is 9.09. The number of nitrogens with zero attached hydrogens (tertiary/aromatic N) is 3. The van der Waals surface area contributed by atoms with Crippen LogP contribution in [-0.4, -0.2) is 14.8 Å². The fourth-order valence-electron chi connectivity index (χ4n) is 2.40. The van der Waals surface area contributed by atoms with Crippen LogP contribution in [0, 0.1) is 0 Å². The Morgan fingerprint density at radius 1 is 1.24 bits per heavy atom. The zero-order valence-electron chi connectivity index (χ0n) is 8.88. The number of fused-ring (bicyclic) bond motifs is 5. The molecule has 84 valence electrons. The molecule has 1 atom stereocenters. The number of hydrogen-bond acceptors (Lipinski definition) is 5. The number of allylic oxidation sites excluding steroid dienone is 1. The third-order valence-corrected chi connectivity index (χ3v) is 3.15. The standard InChI is InChI=1S/C11H10N6/c12-10-8-9(17-11(16-8)13-5-14-17)6-3-1-2-4-7(6)15-10/h1-5,9,15H,12H2,(H,13,14,16). The van der Waals surface area contributed by atoms with Gasteiger partial charge in [0, 0.05) is 11.3 Å². The number of aromatic nitrogens is 3. The van der Waals surface area contributed by atoms with E-state index in [9.17, 15) is 0 Å². The molecule has 0 saturated heterocycles. The summed E-state index contributed by atoms with van der Waals surface area (Å²) in [6, 6.07) is 8.07. The average molecular weight is 226 g/mol. The molecule has 1 aromatic heterocycles. The predicted octanol–water partition coefficient (Wildman–Crippen LogP) is 0.846. The van der Waals surface area contributed by atoms with E-state index in [0.29, 0.717) is 5.82 Å². The van der Waals surface area contributed by atoms with Gasteiger partial charge in [-0.15, -0.1) is 0 Å². The van der Waals surface area contributed by atoms with Crippen LogP contribution in [0.2, 0.25) is 0 Å². The van der Waals surface area contributed by atoms with E-state index >= 15 is 0 Å². The number of nitrogens with two attached hydrogens (primary N) is 1. The Balaban J connectivity index is 2.00. The van der Waals surface area contributed by atoms with Gasteiger partial charge in [0.25, 0.3) is 0 Å². The molecule has 17 heavy (non-hydrogen) atoms. The molecule has 6 nitrogen and oxygen atoms in total. The highest BCUT2D eigenvalue weighted by Crippen LogP contribution is 2.41. The van der Waals surface area contributed by atoms with Gasteiger partial charge in [0.05, 0.1) is 5.70 Å². The molecule has 0 aliphatic carbocycles. The summed E-state index contributed by atoms with van der Waals surface area (Å²) in [6.07, 6.45) is 1.54. The van der Waals surface area contributed by atoms with Gasteiger partial charge < -0.3 is 16.4 Å². The SMILES string of the molecule is NC1=C2Nc3ncnn3C2c2ccccc2N1. The molecular weight excluding hydrogens is 216 g/mol. The first kappa shape index (κ1) is 8.63. The van der Waals surface area contributed by atoms with Gasteiger partial charge in [0.2, 0.25) is 5.95 Å². The fraction of sp³-hybridized carbons (Fsp3) is 0.0909. The van der Waals surface area contributed by atoms with Crippen LogP contribution in [0.4, 0.5) is 11.6 Å². The van der Waals surface area contributed by atoms with E-state index in [1.807, 2.05) is 22.9 Å². The van der Waals surface area contributed by atoms with Gasteiger partial charge in [-0.3, -0.25) is 0 Å². The monoisotopic (exact) mass is 226 g/mol. The van der Waals surface area contributed by atoms with Crippen LogP contribution in [0.15, 0.2) is 42.1 Å². The van der Waals surface area contributed by atoms with E-state index in [4.69, 9.17) is 5.73 Å². The maximum absolute atomic E-state index is 6.01. The molecule has 4 rings (SSSR count). The maximum Gasteiger partial charge on any atom is 0.226 e. The molecule has 0 fully saturated rings. The highest BCUT2D eigenvalue weighted by atomic mass is 15.5. The van der Waals surface area contributed by atoms with Crippen molar-refractivity contribution in [3.05, 3.63) is 47.7 Å².